The summed E-state index contributed by atoms with van der Waals surface area (Å²) in [5.74, 6) is 1.00. The molecule has 3 aromatic rings. The van der Waals surface area contributed by atoms with Crippen LogP contribution in [-0.4, -0.2) is 12.2 Å². The van der Waals surface area contributed by atoms with Crippen molar-refractivity contribution in [2.45, 2.75) is 13.8 Å². The van der Waals surface area contributed by atoms with Crippen LogP contribution in [0.25, 0.3) is 21.9 Å². The highest BCUT2D eigenvalue weighted by Gasteiger charge is 2.13. The van der Waals surface area contributed by atoms with E-state index in [1.54, 1.807) is 19.2 Å². The third kappa shape index (κ3) is 1.44. The molecule has 0 bridgehead atoms. The fourth-order valence-electron chi connectivity index (χ4n) is 2.50. The Morgan fingerprint density at radius 1 is 0.944 bits per heavy atom. The SMILES string of the molecule is COc1cc(C)c2c(c1)oc1cc(O)cc(C)c12. The summed E-state index contributed by atoms with van der Waals surface area (Å²) in [6.45, 7) is 4.01. The first kappa shape index (κ1) is 11.0. The summed E-state index contributed by atoms with van der Waals surface area (Å²) in [6, 6.07) is 7.26. The Hall–Kier alpha value is -2.16. The summed E-state index contributed by atoms with van der Waals surface area (Å²) in [7, 11) is 1.64. The lowest BCUT2D eigenvalue weighted by Crippen LogP contribution is -1.84. The van der Waals surface area contributed by atoms with Crippen LogP contribution in [0.2, 0.25) is 0 Å². The van der Waals surface area contributed by atoms with Gasteiger partial charge in [-0.2, -0.15) is 0 Å². The maximum absolute atomic E-state index is 9.62. The molecular formula is C15H14O3. The van der Waals surface area contributed by atoms with Gasteiger partial charge >= 0.3 is 0 Å². The number of phenols is 1. The quantitative estimate of drug-likeness (QED) is 0.703. The lowest BCUT2D eigenvalue weighted by atomic mass is 10.0. The molecule has 0 saturated carbocycles. The summed E-state index contributed by atoms with van der Waals surface area (Å²) < 4.78 is 11.0. The summed E-state index contributed by atoms with van der Waals surface area (Å²) in [5.41, 5.74) is 3.61. The maximum atomic E-state index is 9.62. The van der Waals surface area contributed by atoms with Gasteiger partial charge in [0.05, 0.1) is 7.11 Å². The number of hydrogen-bond donors (Lipinski definition) is 1. The third-order valence-electron chi connectivity index (χ3n) is 3.26. The van der Waals surface area contributed by atoms with Crippen LogP contribution in [-0.2, 0) is 0 Å². The van der Waals surface area contributed by atoms with E-state index in [9.17, 15) is 5.11 Å². The van der Waals surface area contributed by atoms with Gasteiger partial charge in [0.1, 0.15) is 22.7 Å². The first-order valence-electron chi connectivity index (χ1n) is 5.80. The highest BCUT2D eigenvalue weighted by molar-refractivity contribution is 6.09. The first-order chi connectivity index (χ1) is 8.60. The Labute approximate surface area is 105 Å². The van der Waals surface area contributed by atoms with Crippen LogP contribution in [0.1, 0.15) is 11.1 Å². The Morgan fingerprint density at radius 2 is 1.56 bits per heavy atom. The highest BCUT2D eigenvalue weighted by atomic mass is 16.5. The van der Waals surface area contributed by atoms with Crippen molar-refractivity contribution in [3.63, 3.8) is 0 Å². The van der Waals surface area contributed by atoms with Crippen molar-refractivity contribution in [2.24, 2.45) is 0 Å². The van der Waals surface area contributed by atoms with E-state index in [0.29, 0.717) is 5.58 Å². The van der Waals surface area contributed by atoms with E-state index in [1.807, 2.05) is 26.0 Å². The lowest BCUT2D eigenvalue weighted by molar-refractivity contribution is 0.414. The zero-order chi connectivity index (χ0) is 12.9. The number of rotatable bonds is 1. The molecule has 0 spiro atoms. The van der Waals surface area contributed by atoms with Crippen LogP contribution in [0.4, 0.5) is 0 Å². The predicted octanol–water partition coefficient (Wildman–Crippen LogP) is 3.92. The molecule has 0 amide bonds. The van der Waals surface area contributed by atoms with Gasteiger partial charge in [0, 0.05) is 22.9 Å². The van der Waals surface area contributed by atoms with Crippen LogP contribution in [0, 0.1) is 13.8 Å². The van der Waals surface area contributed by atoms with Crippen LogP contribution in [0.15, 0.2) is 28.7 Å². The van der Waals surface area contributed by atoms with Crippen molar-refractivity contribution in [1.29, 1.82) is 0 Å². The van der Waals surface area contributed by atoms with Crippen LogP contribution < -0.4 is 4.74 Å². The van der Waals surface area contributed by atoms with Gasteiger partial charge in [-0.3, -0.25) is 0 Å². The Bertz CT molecular complexity index is 753. The first-order valence-corrected chi connectivity index (χ1v) is 5.80. The Balaban J connectivity index is 2.52. The van der Waals surface area contributed by atoms with E-state index in [1.165, 1.54) is 0 Å². The molecule has 0 saturated heterocycles. The fourth-order valence-corrected chi connectivity index (χ4v) is 2.50. The zero-order valence-electron chi connectivity index (χ0n) is 10.6. The molecule has 0 fully saturated rings. The zero-order valence-corrected chi connectivity index (χ0v) is 10.6. The number of hydrogen-bond acceptors (Lipinski definition) is 3. The molecule has 0 aliphatic heterocycles. The molecule has 3 heteroatoms. The largest absolute Gasteiger partial charge is 0.508 e. The van der Waals surface area contributed by atoms with E-state index in [0.717, 1.165) is 33.2 Å². The second-order valence-corrected chi connectivity index (χ2v) is 4.56. The summed E-state index contributed by atoms with van der Waals surface area (Å²) >= 11 is 0. The number of furan rings is 1. The molecule has 3 nitrogen and oxygen atoms in total. The number of phenolic OH excluding ortho intramolecular Hbond substituents is 1. The lowest BCUT2D eigenvalue weighted by Gasteiger charge is -2.03. The van der Waals surface area contributed by atoms with Crippen molar-refractivity contribution in [3.05, 3.63) is 35.4 Å². The van der Waals surface area contributed by atoms with Crippen LogP contribution >= 0.6 is 0 Å². The van der Waals surface area contributed by atoms with Gasteiger partial charge in [-0.15, -0.1) is 0 Å². The molecule has 2 aromatic carbocycles. The molecule has 0 radical (unpaired) electrons. The molecule has 0 aliphatic carbocycles. The van der Waals surface area contributed by atoms with E-state index in [-0.39, 0.29) is 5.75 Å². The van der Waals surface area contributed by atoms with Gasteiger partial charge < -0.3 is 14.3 Å². The normalized spacial score (nSPS) is 11.3. The fraction of sp³-hybridized carbons (Fsp3) is 0.200. The summed E-state index contributed by atoms with van der Waals surface area (Å²) in [6.07, 6.45) is 0. The number of benzene rings is 2. The standard InChI is InChI=1S/C15H14O3/c1-8-4-10(16)6-12-14(8)15-9(2)5-11(17-3)7-13(15)18-12/h4-7,16H,1-3H3. The van der Waals surface area contributed by atoms with E-state index in [4.69, 9.17) is 9.15 Å². The summed E-state index contributed by atoms with van der Waals surface area (Å²) in [5, 5.41) is 11.8. The smallest absolute Gasteiger partial charge is 0.139 e. The molecule has 0 unspecified atom stereocenters. The van der Waals surface area contributed by atoms with Crippen molar-refractivity contribution in [1.82, 2.24) is 0 Å². The van der Waals surface area contributed by atoms with Crippen LogP contribution in [0.3, 0.4) is 0 Å². The maximum Gasteiger partial charge on any atom is 0.139 e. The molecule has 92 valence electrons. The predicted molar refractivity (Wildman–Crippen MR) is 71.4 cm³/mol. The molecule has 1 aromatic heterocycles. The molecular weight excluding hydrogens is 228 g/mol. The van der Waals surface area contributed by atoms with Crippen molar-refractivity contribution in [3.8, 4) is 11.5 Å². The number of ether oxygens (including phenoxy) is 1. The van der Waals surface area contributed by atoms with Crippen molar-refractivity contribution < 1.29 is 14.3 Å². The average molecular weight is 242 g/mol. The van der Waals surface area contributed by atoms with E-state index >= 15 is 0 Å². The van der Waals surface area contributed by atoms with Gasteiger partial charge in [-0.05, 0) is 37.1 Å². The number of aromatic hydroxyl groups is 1. The van der Waals surface area contributed by atoms with Crippen molar-refractivity contribution in [2.75, 3.05) is 7.11 Å². The number of fused-ring (bicyclic) bond motifs is 3. The molecule has 3 rings (SSSR count). The second kappa shape index (κ2) is 3.67. The summed E-state index contributed by atoms with van der Waals surface area (Å²) in [4.78, 5) is 0. The molecule has 0 atom stereocenters. The molecule has 18 heavy (non-hydrogen) atoms. The van der Waals surface area contributed by atoms with E-state index in [2.05, 4.69) is 0 Å². The van der Waals surface area contributed by atoms with Crippen LogP contribution in [0.5, 0.6) is 11.5 Å². The Kier molecular flexibility index (Phi) is 2.23. The topological polar surface area (TPSA) is 42.6 Å². The highest BCUT2D eigenvalue weighted by Crippen LogP contribution is 2.37. The Morgan fingerprint density at radius 3 is 2.22 bits per heavy atom. The molecule has 1 heterocycles. The van der Waals surface area contributed by atoms with Gasteiger partial charge in [0.2, 0.25) is 0 Å². The molecule has 1 N–H and O–H groups in total. The van der Waals surface area contributed by atoms with Gasteiger partial charge in [0.25, 0.3) is 0 Å². The van der Waals surface area contributed by atoms with Gasteiger partial charge in [0.15, 0.2) is 0 Å². The van der Waals surface area contributed by atoms with E-state index < -0.39 is 0 Å². The molecule has 0 aliphatic rings. The number of aryl methyl sites for hydroxylation is 2. The van der Waals surface area contributed by atoms with Gasteiger partial charge in [-0.25, -0.2) is 0 Å². The number of methoxy groups -OCH3 is 1. The van der Waals surface area contributed by atoms with Gasteiger partial charge in [-0.1, -0.05) is 0 Å². The van der Waals surface area contributed by atoms with Crippen molar-refractivity contribution >= 4 is 21.9 Å². The minimum Gasteiger partial charge on any atom is -0.508 e. The second-order valence-electron chi connectivity index (χ2n) is 4.56. The average Bonchev–Trinajstić information content (AvgIpc) is 2.67. The minimum atomic E-state index is 0.226. The minimum absolute atomic E-state index is 0.226. The monoisotopic (exact) mass is 242 g/mol. The third-order valence-corrected chi connectivity index (χ3v) is 3.26.